The van der Waals surface area contributed by atoms with Gasteiger partial charge in [-0.2, -0.15) is 4.39 Å². The lowest BCUT2D eigenvalue weighted by molar-refractivity contribution is -0.139. The zero-order valence-corrected chi connectivity index (χ0v) is 9.72. The number of methoxy groups -OCH3 is 1. The van der Waals surface area contributed by atoms with Gasteiger partial charge in [-0.05, 0) is 15.9 Å². The van der Waals surface area contributed by atoms with Gasteiger partial charge in [0.2, 0.25) is 5.95 Å². The first-order valence-electron chi connectivity index (χ1n) is 4.15. The van der Waals surface area contributed by atoms with Gasteiger partial charge in [0, 0.05) is 16.1 Å². The number of carbonyl (C=O) groups excluding carboxylic acids is 1. The predicted molar refractivity (Wildman–Crippen MR) is 52.6 cm³/mol. The van der Waals surface area contributed by atoms with Gasteiger partial charge in [0.1, 0.15) is 0 Å². The highest BCUT2D eigenvalue weighted by atomic mass is 79.9. The summed E-state index contributed by atoms with van der Waals surface area (Å²) in [5.74, 6) is -1.74. The van der Waals surface area contributed by atoms with Crippen molar-refractivity contribution in [2.75, 3.05) is 7.11 Å². The molecule has 0 unspecified atom stereocenters. The summed E-state index contributed by atoms with van der Waals surface area (Å²) >= 11 is 2.86. The Morgan fingerprint density at radius 3 is 2.75 bits per heavy atom. The summed E-state index contributed by atoms with van der Waals surface area (Å²) in [6.45, 7) is 0. The average molecular weight is 298 g/mol. The number of halogens is 4. The van der Waals surface area contributed by atoms with Gasteiger partial charge < -0.3 is 4.74 Å². The van der Waals surface area contributed by atoms with Crippen molar-refractivity contribution in [1.82, 2.24) is 4.98 Å². The van der Waals surface area contributed by atoms with Gasteiger partial charge in [-0.25, -0.2) is 13.8 Å². The fraction of sp³-hybridized carbons (Fsp3) is 0.333. The Morgan fingerprint density at radius 1 is 1.62 bits per heavy atom. The molecule has 7 heteroatoms. The molecule has 0 saturated heterocycles. The standard InChI is InChI=1S/C9H7BrF3NO2/c1-16-7(15)3-5-8(10)4(9(12)13)2-6(11)14-5/h2,9H,3H2,1H3. The summed E-state index contributed by atoms with van der Waals surface area (Å²) in [7, 11) is 1.14. The molecule has 1 heterocycles. The van der Waals surface area contributed by atoms with Crippen molar-refractivity contribution in [1.29, 1.82) is 0 Å². The van der Waals surface area contributed by atoms with E-state index in [0.29, 0.717) is 6.07 Å². The number of hydrogen-bond donors (Lipinski definition) is 0. The number of hydrogen-bond acceptors (Lipinski definition) is 3. The van der Waals surface area contributed by atoms with Crippen molar-refractivity contribution in [3.63, 3.8) is 0 Å². The quantitative estimate of drug-likeness (QED) is 0.636. The molecule has 88 valence electrons. The van der Waals surface area contributed by atoms with Crippen molar-refractivity contribution in [3.8, 4) is 0 Å². The highest BCUT2D eigenvalue weighted by Crippen LogP contribution is 2.30. The predicted octanol–water partition coefficient (Wildman–Crippen LogP) is 2.64. The topological polar surface area (TPSA) is 39.2 Å². The molecule has 16 heavy (non-hydrogen) atoms. The second kappa shape index (κ2) is 5.29. The fourth-order valence-corrected chi connectivity index (χ4v) is 1.57. The zero-order valence-electron chi connectivity index (χ0n) is 8.14. The third-order valence-electron chi connectivity index (χ3n) is 1.80. The minimum atomic E-state index is -2.84. The summed E-state index contributed by atoms with van der Waals surface area (Å²) in [4.78, 5) is 14.3. The molecule has 1 rings (SSSR count). The van der Waals surface area contributed by atoms with Crippen LogP contribution in [0.5, 0.6) is 0 Å². The largest absolute Gasteiger partial charge is 0.469 e. The minimum absolute atomic E-state index is 0.0747. The third kappa shape index (κ3) is 2.94. The molecule has 1 aromatic rings. The molecule has 0 N–H and O–H groups in total. The summed E-state index contributed by atoms with van der Waals surface area (Å²) < 4.78 is 42.1. The van der Waals surface area contributed by atoms with E-state index < -0.39 is 23.9 Å². The second-order valence-corrected chi connectivity index (χ2v) is 3.64. The number of ether oxygens (including phenoxy) is 1. The molecule has 0 bridgehead atoms. The number of rotatable bonds is 3. The molecular formula is C9H7BrF3NO2. The molecule has 0 aliphatic carbocycles. The van der Waals surface area contributed by atoms with Crippen LogP contribution in [0.4, 0.5) is 13.2 Å². The smallest absolute Gasteiger partial charge is 0.311 e. The van der Waals surface area contributed by atoms with Gasteiger partial charge in [0.05, 0.1) is 19.2 Å². The van der Waals surface area contributed by atoms with Crippen LogP contribution in [0.1, 0.15) is 17.7 Å². The van der Waals surface area contributed by atoms with Crippen LogP contribution in [0.3, 0.4) is 0 Å². The Morgan fingerprint density at radius 2 is 2.25 bits per heavy atom. The minimum Gasteiger partial charge on any atom is -0.469 e. The van der Waals surface area contributed by atoms with Crippen molar-refractivity contribution < 1.29 is 22.7 Å². The Hall–Kier alpha value is -1.11. The number of nitrogens with zero attached hydrogens (tertiary/aromatic N) is 1. The van der Waals surface area contributed by atoms with Gasteiger partial charge in [-0.3, -0.25) is 4.79 Å². The molecule has 0 spiro atoms. The summed E-state index contributed by atoms with van der Waals surface area (Å²) in [5.41, 5.74) is -0.645. The highest BCUT2D eigenvalue weighted by Gasteiger charge is 2.19. The van der Waals surface area contributed by atoms with Crippen molar-refractivity contribution in [2.24, 2.45) is 0 Å². The molecule has 3 nitrogen and oxygen atoms in total. The van der Waals surface area contributed by atoms with Crippen LogP contribution in [-0.4, -0.2) is 18.1 Å². The maximum atomic E-state index is 12.9. The first-order valence-corrected chi connectivity index (χ1v) is 4.94. The molecule has 0 aromatic carbocycles. The van der Waals surface area contributed by atoms with E-state index in [1.807, 2.05) is 0 Å². The molecule has 0 radical (unpaired) electrons. The molecule has 0 saturated carbocycles. The molecule has 0 aliphatic rings. The van der Waals surface area contributed by atoms with E-state index in [1.54, 1.807) is 0 Å². The Bertz CT molecular complexity index is 412. The second-order valence-electron chi connectivity index (χ2n) is 2.85. The van der Waals surface area contributed by atoms with Crippen molar-refractivity contribution >= 4 is 21.9 Å². The number of pyridine rings is 1. The van der Waals surface area contributed by atoms with Crippen LogP contribution in [0.25, 0.3) is 0 Å². The van der Waals surface area contributed by atoms with E-state index in [9.17, 15) is 18.0 Å². The summed E-state index contributed by atoms with van der Waals surface area (Å²) in [6, 6.07) is 0.621. The van der Waals surface area contributed by atoms with Gasteiger partial charge in [0.25, 0.3) is 6.43 Å². The van der Waals surface area contributed by atoms with Crippen LogP contribution in [0, 0.1) is 5.95 Å². The molecule has 0 fully saturated rings. The van der Waals surface area contributed by atoms with E-state index in [0.717, 1.165) is 7.11 Å². The Kier molecular flexibility index (Phi) is 4.28. The third-order valence-corrected chi connectivity index (χ3v) is 2.71. The lowest BCUT2D eigenvalue weighted by atomic mass is 10.2. The maximum Gasteiger partial charge on any atom is 0.311 e. The maximum absolute atomic E-state index is 12.9. The van der Waals surface area contributed by atoms with Gasteiger partial charge >= 0.3 is 5.97 Å². The van der Waals surface area contributed by atoms with Crippen LogP contribution in [0.15, 0.2) is 10.5 Å². The van der Waals surface area contributed by atoms with E-state index in [4.69, 9.17) is 0 Å². The van der Waals surface area contributed by atoms with E-state index >= 15 is 0 Å². The Labute approximate surface area is 97.8 Å². The molecule has 0 atom stereocenters. The fourth-order valence-electron chi connectivity index (χ4n) is 1.05. The summed E-state index contributed by atoms with van der Waals surface area (Å²) in [6.07, 6.45) is -3.21. The SMILES string of the molecule is COC(=O)Cc1nc(F)cc(C(F)F)c1Br. The monoisotopic (exact) mass is 297 g/mol. The lowest BCUT2D eigenvalue weighted by Gasteiger charge is -2.08. The van der Waals surface area contributed by atoms with Crippen LogP contribution < -0.4 is 0 Å². The van der Waals surface area contributed by atoms with Gasteiger partial charge in [0.15, 0.2) is 0 Å². The molecule has 1 aromatic heterocycles. The zero-order chi connectivity index (χ0) is 12.3. The summed E-state index contributed by atoms with van der Waals surface area (Å²) in [5, 5.41) is 0. The number of alkyl halides is 2. The van der Waals surface area contributed by atoms with E-state index in [2.05, 4.69) is 25.7 Å². The average Bonchev–Trinajstić information content (AvgIpc) is 2.22. The first-order chi connectivity index (χ1) is 7.45. The van der Waals surface area contributed by atoms with Crippen LogP contribution in [-0.2, 0) is 16.0 Å². The number of aromatic nitrogens is 1. The molecule has 0 amide bonds. The molecular weight excluding hydrogens is 291 g/mol. The van der Waals surface area contributed by atoms with Crippen molar-refractivity contribution in [3.05, 3.63) is 27.7 Å². The normalized spacial score (nSPS) is 10.6. The van der Waals surface area contributed by atoms with Crippen LogP contribution in [0.2, 0.25) is 0 Å². The first kappa shape index (κ1) is 13.0. The van der Waals surface area contributed by atoms with Gasteiger partial charge in [-0.15, -0.1) is 0 Å². The van der Waals surface area contributed by atoms with Gasteiger partial charge in [-0.1, -0.05) is 0 Å². The van der Waals surface area contributed by atoms with Crippen molar-refractivity contribution in [2.45, 2.75) is 12.8 Å². The lowest BCUT2D eigenvalue weighted by Crippen LogP contribution is -2.09. The Balaban J connectivity index is 3.14. The van der Waals surface area contributed by atoms with E-state index in [1.165, 1.54) is 0 Å². The van der Waals surface area contributed by atoms with E-state index in [-0.39, 0.29) is 16.6 Å². The number of carbonyl (C=O) groups is 1. The van der Waals surface area contributed by atoms with Crippen LogP contribution >= 0.6 is 15.9 Å². The highest BCUT2D eigenvalue weighted by molar-refractivity contribution is 9.10. The molecule has 0 aliphatic heterocycles. The number of esters is 1.